The molecule has 1 aromatic rings. The summed E-state index contributed by atoms with van der Waals surface area (Å²) < 4.78 is 0. The molecule has 2 atom stereocenters. The molecule has 1 saturated carbocycles. The van der Waals surface area contributed by atoms with E-state index in [1.165, 1.54) is 18.2 Å². The van der Waals surface area contributed by atoms with Crippen LogP contribution in [0.15, 0.2) is 18.2 Å². The van der Waals surface area contributed by atoms with Crippen molar-refractivity contribution in [3.8, 4) is 11.5 Å². The highest BCUT2D eigenvalue weighted by Crippen LogP contribution is 2.29. The third-order valence-electron chi connectivity index (χ3n) is 3.24. The van der Waals surface area contributed by atoms with Crippen molar-refractivity contribution in [3.63, 3.8) is 0 Å². The van der Waals surface area contributed by atoms with Crippen LogP contribution in [0.25, 0.3) is 0 Å². The van der Waals surface area contributed by atoms with E-state index in [1.807, 2.05) is 0 Å². The molecule has 0 aliphatic heterocycles. The summed E-state index contributed by atoms with van der Waals surface area (Å²) in [5.74, 6) is -0.451. The first-order valence-electron chi connectivity index (χ1n) is 5.97. The first-order valence-corrected chi connectivity index (χ1v) is 7.25. The lowest BCUT2D eigenvalue weighted by molar-refractivity contribution is 0.0938. The summed E-state index contributed by atoms with van der Waals surface area (Å²) in [6.07, 6.45) is 5.29. The molecule has 0 saturated heterocycles. The minimum absolute atomic E-state index is 0.104. The molecule has 1 aromatic carbocycles. The predicted molar refractivity (Wildman–Crippen MR) is 72.2 cm³/mol. The molecule has 2 rings (SSSR count). The van der Waals surface area contributed by atoms with Crippen LogP contribution in [-0.4, -0.2) is 33.7 Å². The summed E-state index contributed by atoms with van der Waals surface area (Å²) in [5.41, 5.74) is 0.291. The molecule has 2 unspecified atom stereocenters. The number of phenols is 2. The van der Waals surface area contributed by atoms with Crippen molar-refractivity contribution in [2.75, 3.05) is 6.26 Å². The van der Waals surface area contributed by atoms with Gasteiger partial charge in [0.2, 0.25) is 0 Å². The fourth-order valence-corrected chi connectivity index (χ4v) is 3.29. The molecule has 0 aromatic heterocycles. The molecule has 0 radical (unpaired) electrons. The first-order chi connectivity index (χ1) is 8.60. The van der Waals surface area contributed by atoms with Crippen molar-refractivity contribution in [3.05, 3.63) is 23.8 Å². The minimum atomic E-state index is -0.243. The second-order valence-corrected chi connectivity index (χ2v) is 5.60. The number of phenolic OH excluding ortho intramolecular Hbond substituents is 2. The molecule has 5 heteroatoms. The van der Waals surface area contributed by atoms with Crippen LogP contribution in [0.3, 0.4) is 0 Å². The van der Waals surface area contributed by atoms with E-state index in [1.54, 1.807) is 11.8 Å². The quantitative estimate of drug-likeness (QED) is 0.784. The Kier molecular flexibility index (Phi) is 4.01. The van der Waals surface area contributed by atoms with E-state index in [2.05, 4.69) is 11.6 Å². The highest BCUT2D eigenvalue weighted by molar-refractivity contribution is 7.99. The van der Waals surface area contributed by atoms with Gasteiger partial charge in [-0.25, -0.2) is 0 Å². The molecule has 0 spiro atoms. The zero-order valence-electron chi connectivity index (χ0n) is 10.2. The van der Waals surface area contributed by atoms with Gasteiger partial charge in [-0.3, -0.25) is 4.79 Å². The topological polar surface area (TPSA) is 69.6 Å². The van der Waals surface area contributed by atoms with E-state index in [9.17, 15) is 15.0 Å². The molecule has 98 valence electrons. The average molecular weight is 267 g/mol. The molecule has 4 nitrogen and oxygen atoms in total. The number of carbonyl (C=O) groups is 1. The van der Waals surface area contributed by atoms with Gasteiger partial charge >= 0.3 is 0 Å². The summed E-state index contributed by atoms with van der Waals surface area (Å²) in [6.45, 7) is 0. The lowest BCUT2D eigenvalue weighted by atomic mass is 10.1. The van der Waals surface area contributed by atoms with Gasteiger partial charge in [-0.05, 0) is 31.2 Å². The van der Waals surface area contributed by atoms with Gasteiger partial charge in [0.05, 0.1) is 0 Å². The lowest BCUT2D eigenvalue weighted by Gasteiger charge is -2.19. The van der Waals surface area contributed by atoms with Crippen LogP contribution in [0.1, 0.15) is 29.6 Å². The molecule has 1 aliphatic rings. The number of hydrogen-bond donors (Lipinski definition) is 3. The third-order valence-corrected chi connectivity index (χ3v) is 4.41. The van der Waals surface area contributed by atoms with E-state index >= 15 is 0 Å². The number of carbonyl (C=O) groups excluding carboxylic acids is 1. The van der Waals surface area contributed by atoms with Gasteiger partial charge < -0.3 is 15.5 Å². The van der Waals surface area contributed by atoms with Gasteiger partial charge in [-0.15, -0.1) is 0 Å². The van der Waals surface area contributed by atoms with Crippen LogP contribution >= 0.6 is 11.8 Å². The molecular formula is C13H17NO3S. The maximum atomic E-state index is 12.0. The molecule has 3 N–H and O–H groups in total. The van der Waals surface area contributed by atoms with Crippen molar-refractivity contribution in [1.82, 2.24) is 5.32 Å². The van der Waals surface area contributed by atoms with Crippen molar-refractivity contribution >= 4 is 17.7 Å². The fourth-order valence-electron chi connectivity index (χ4n) is 2.35. The molecule has 1 amide bonds. The summed E-state index contributed by atoms with van der Waals surface area (Å²) in [7, 11) is 0. The van der Waals surface area contributed by atoms with Gasteiger partial charge in [0.15, 0.2) is 0 Å². The SMILES string of the molecule is CSC1CCCC1NC(=O)c1cc(O)cc(O)c1. The predicted octanol–water partition coefficient (Wildman–Crippen LogP) is 2.11. The number of thioether (sulfide) groups is 1. The van der Waals surface area contributed by atoms with Crippen LogP contribution in [0.5, 0.6) is 11.5 Å². The molecule has 0 bridgehead atoms. The van der Waals surface area contributed by atoms with Crippen LogP contribution in [0.4, 0.5) is 0 Å². The molecule has 1 aliphatic carbocycles. The van der Waals surface area contributed by atoms with Gasteiger partial charge in [-0.1, -0.05) is 6.42 Å². The molecular weight excluding hydrogens is 250 g/mol. The summed E-state index contributed by atoms with van der Waals surface area (Å²) in [4.78, 5) is 12.0. The Hall–Kier alpha value is -1.36. The number of benzene rings is 1. The fraction of sp³-hybridized carbons (Fsp3) is 0.462. The Morgan fingerprint density at radius 1 is 1.28 bits per heavy atom. The smallest absolute Gasteiger partial charge is 0.251 e. The van der Waals surface area contributed by atoms with E-state index in [4.69, 9.17) is 0 Å². The standard InChI is InChI=1S/C13H17NO3S/c1-18-12-4-2-3-11(12)14-13(17)8-5-9(15)7-10(16)6-8/h5-7,11-12,15-16H,2-4H2,1H3,(H,14,17). The third kappa shape index (κ3) is 2.90. The Morgan fingerprint density at radius 3 is 2.56 bits per heavy atom. The van der Waals surface area contributed by atoms with E-state index in [-0.39, 0.29) is 23.4 Å². The second kappa shape index (κ2) is 5.52. The lowest BCUT2D eigenvalue weighted by Crippen LogP contribution is -2.38. The minimum Gasteiger partial charge on any atom is -0.508 e. The number of rotatable bonds is 3. The van der Waals surface area contributed by atoms with E-state index < -0.39 is 0 Å². The Morgan fingerprint density at radius 2 is 1.94 bits per heavy atom. The van der Waals surface area contributed by atoms with Crippen molar-refractivity contribution in [1.29, 1.82) is 0 Å². The zero-order valence-corrected chi connectivity index (χ0v) is 11.0. The van der Waals surface area contributed by atoms with E-state index in [0.717, 1.165) is 19.3 Å². The number of hydrogen-bond acceptors (Lipinski definition) is 4. The summed E-state index contributed by atoms with van der Waals surface area (Å²) in [5, 5.41) is 22.1. The molecule has 0 heterocycles. The van der Waals surface area contributed by atoms with E-state index in [0.29, 0.717) is 10.8 Å². The van der Waals surface area contributed by atoms with Gasteiger partial charge in [0.1, 0.15) is 11.5 Å². The van der Waals surface area contributed by atoms with Gasteiger partial charge in [0.25, 0.3) is 5.91 Å². The number of nitrogens with one attached hydrogen (secondary N) is 1. The Labute approximate surface area is 110 Å². The number of amides is 1. The second-order valence-electron chi connectivity index (χ2n) is 4.52. The van der Waals surface area contributed by atoms with Gasteiger partial charge in [-0.2, -0.15) is 11.8 Å². The highest BCUT2D eigenvalue weighted by Gasteiger charge is 2.28. The highest BCUT2D eigenvalue weighted by atomic mass is 32.2. The molecule has 1 fully saturated rings. The zero-order chi connectivity index (χ0) is 13.1. The Bertz CT molecular complexity index is 430. The van der Waals surface area contributed by atoms with Crippen molar-refractivity contribution < 1.29 is 15.0 Å². The van der Waals surface area contributed by atoms with Crippen LogP contribution in [0.2, 0.25) is 0 Å². The van der Waals surface area contributed by atoms with Gasteiger partial charge in [0, 0.05) is 22.9 Å². The number of aromatic hydroxyl groups is 2. The largest absolute Gasteiger partial charge is 0.508 e. The monoisotopic (exact) mass is 267 g/mol. The van der Waals surface area contributed by atoms with Crippen molar-refractivity contribution in [2.45, 2.75) is 30.6 Å². The average Bonchev–Trinajstić information content (AvgIpc) is 2.75. The summed E-state index contributed by atoms with van der Waals surface area (Å²) >= 11 is 1.77. The molecule has 18 heavy (non-hydrogen) atoms. The normalized spacial score (nSPS) is 22.9. The maximum Gasteiger partial charge on any atom is 0.251 e. The van der Waals surface area contributed by atoms with Crippen LogP contribution in [0, 0.1) is 0 Å². The van der Waals surface area contributed by atoms with Crippen molar-refractivity contribution in [2.24, 2.45) is 0 Å². The first kappa shape index (κ1) is 13.1. The maximum absolute atomic E-state index is 12.0. The summed E-state index contributed by atoms with van der Waals surface area (Å²) in [6, 6.07) is 4.10. The van der Waals surface area contributed by atoms with Crippen LogP contribution < -0.4 is 5.32 Å². The Balaban J connectivity index is 2.07. The van der Waals surface area contributed by atoms with Crippen LogP contribution in [-0.2, 0) is 0 Å².